The van der Waals surface area contributed by atoms with Crippen LogP contribution >= 0.6 is 0 Å². The summed E-state index contributed by atoms with van der Waals surface area (Å²) in [5, 5.41) is 9.84. The zero-order chi connectivity index (χ0) is 21.9. The van der Waals surface area contributed by atoms with Crippen LogP contribution in [0.2, 0.25) is 0 Å². The molecule has 1 amide bonds. The van der Waals surface area contributed by atoms with Gasteiger partial charge in [-0.3, -0.25) is 10.2 Å². The van der Waals surface area contributed by atoms with Crippen molar-refractivity contribution in [2.24, 2.45) is 5.73 Å². The van der Waals surface area contributed by atoms with Crippen LogP contribution in [0.15, 0.2) is 54.6 Å². The van der Waals surface area contributed by atoms with Gasteiger partial charge in [0.05, 0.1) is 5.56 Å². The molecule has 7 nitrogen and oxygen atoms in total. The minimum absolute atomic E-state index is 0.00286. The monoisotopic (exact) mass is 408 g/mol. The van der Waals surface area contributed by atoms with Crippen molar-refractivity contribution in [3.63, 3.8) is 0 Å². The lowest BCUT2D eigenvalue weighted by molar-refractivity contribution is -0.126. The summed E-state index contributed by atoms with van der Waals surface area (Å²) < 4.78 is 5.38. The SMILES string of the molecule is CCCN(CCC)C(=O)C=Cc1ccc(OC(=O)c2ccc(NC(=N)N)cc2)cc1. The van der Waals surface area contributed by atoms with E-state index in [4.69, 9.17) is 15.9 Å². The van der Waals surface area contributed by atoms with Crippen LogP contribution in [0.5, 0.6) is 5.75 Å². The van der Waals surface area contributed by atoms with Crippen LogP contribution in [0.4, 0.5) is 5.69 Å². The normalized spacial score (nSPS) is 10.6. The molecule has 0 unspecified atom stereocenters. The van der Waals surface area contributed by atoms with Crippen molar-refractivity contribution in [1.82, 2.24) is 4.90 Å². The van der Waals surface area contributed by atoms with Gasteiger partial charge in [0.15, 0.2) is 5.96 Å². The molecule has 0 fully saturated rings. The van der Waals surface area contributed by atoms with Gasteiger partial charge in [0.2, 0.25) is 5.91 Å². The van der Waals surface area contributed by atoms with E-state index < -0.39 is 5.97 Å². The Morgan fingerprint density at radius 3 is 2.17 bits per heavy atom. The number of benzene rings is 2. The number of carbonyl (C=O) groups is 2. The van der Waals surface area contributed by atoms with Crippen LogP contribution in [-0.4, -0.2) is 35.8 Å². The molecule has 0 aliphatic rings. The topological polar surface area (TPSA) is 109 Å². The van der Waals surface area contributed by atoms with Gasteiger partial charge in [-0.1, -0.05) is 26.0 Å². The van der Waals surface area contributed by atoms with E-state index in [1.807, 2.05) is 4.90 Å². The van der Waals surface area contributed by atoms with Gasteiger partial charge in [0.25, 0.3) is 0 Å². The van der Waals surface area contributed by atoms with Gasteiger partial charge in [-0.15, -0.1) is 0 Å². The maximum absolute atomic E-state index is 12.3. The van der Waals surface area contributed by atoms with Crippen molar-refractivity contribution in [3.8, 4) is 5.75 Å². The zero-order valence-corrected chi connectivity index (χ0v) is 17.4. The van der Waals surface area contributed by atoms with Crippen molar-refractivity contribution >= 4 is 29.6 Å². The summed E-state index contributed by atoms with van der Waals surface area (Å²) in [6.45, 7) is 5.60. The maximum Gasteiger partial charge on any atom is 0.343 e. The van der Waals surface area contributed by atoms with Crippen LogP contribution < -0.4 is 15.8 Å². The van der Waals surface area contributed by atoms with E-state index in [0.29, 0.717) is 17.0 Å². The van der Waals surface area contributed by atoms with E-state index in [-0.39, 0.29) is 11.9 Å². The Labute approximate surface area is 177 Å². The van der Waals surface area contributed by atoms with E-state index in [1.54, 1.807) is 60.7 Å². The second kappa shape index (κ2) is 11.4. The summed E-state index contributed by atoms with van der Waals surface area (Å²) in [5.74, 6) is -0.257. The molecule has 0 aromatic heterocycles. The molecular formula is C23H28N4O3. The average molecular weight is 409 g/mol. The second-order valence-corrected chi connectivity index (χ2v) is 6.73. The Hall–Kier alpha value is -3.61. The molecule has 2 aromatic rings. The highest BCUT2D eigenvalue weighted by molar-refractivity contribution is 5.93. The molecule has 0 saturated heterocycles. The van der Waals surface area contributed by atoms with E-state index in [1.165, 1.54) is 0 Å². The Kier molecular flexibility index (Phi) is 8.62. The Bertz CT molecular complexity index is 884. The number of nitrogens with zero attached hydrogens (tertiary/aromatic N) is 1. The van der Waals surface area contributed by atoms with Crippen molar-refractivity contribution in [1.29, 1.82) is 5.41 Å². The number of ether oxygens (including phenoxy) is 1. The molecule has 0 heterocycles. The van der Waals surface area contributed by atoms with E-state index in [9.17, 15) is 9.59 Å². The summed E-state index contributed by atoms with van der Waals surface area (Å²) in [5.41, 5.74) is 7.11. The number of guanidine groups is 1. The van der Waals surface area contributed by atoms with E-state index in [0.717, 1.165) is 31.5 Å². The number of nitrogens with one attached hydrogen (secondary N) is 2. The third-order valence-corrected chi connectivity index (χ3v) is 4.21. The Morgan fingerprint density at radius 2 is 1.63 bits per heavy atom. The maximum atomic E-state index is 12.3. The smallest absolute Gasteiger partial charge is 0.343 e. The van der Waals surface area contributed by atoms with Crippen LogP contribution in [-0.2, 0) is 4.79 Å². The molecule has 4 N–H and O–H groups in total. The first-order chi connectivity index (χ1) is 14.4. The average Bonchev–Trinajstić information content (AvgIpc) is 2.73. The fourth-order valence-corrected chi connectivity index (χ4v) is 2.80. The zero-order valence-electron chi connectivity index (χ0n) is 17.4. The summed E-state index contributed by atoms with van der Waals surface area (Å²) in [6.07, 6.45) is 5.18. The molecule has 0 atom stereocenters. The van der Waals surface area contributed by atoms with E-state index >= 15 is 0 Å². The standard InChI is InChI=1S/C23H28N4O3/c1-3-15-27(16-4-2)21(28)14-7-17-5-12-20(13-6-17)30-22(29)18-8-10-19(11-9-18)26-23(24)25/h5-14H,3-4,15-16H2,1-2H3,(H4,24,25,26). The fraction of sp³-hybridized carbons (Fsp3) is 0.261. The van der Waals surface area contributed by atoms with Crippen molar-refractivity contribution < 1.29 is 14.3 Å². The molecule has 158 valence electrons. The van der Waals surface area contributed by atoms with Gasteiger partial charge >= 0.3 is 5.97 Å². The molecular weight excluding hydrogens is 380 g/mol. The number of nitrogens with two attached hydrogens (primary N) is 1. The van der Waals surface area contributed by atoms with Gasteiger partial charge in [-0.25, -0.2) is 4.79 Å². The molecule has 0 bridgehead atoms. The van der Waals surface area contributed by atoms with Crippen LogP contribution in [0.25, 0.3) is 6.08 Å². The first-order valence-electron chi connectivity index (χ1n) is 9.93. The third kappa shape index (κ3) is 7.09. The molecule has 30 heavy (non-hydrogen) atoms. The molecule has 0 aliphatic heterocycles. The molecule has 0 spiro atoms. The number of hydrogen-bond acceptors (Lipinski definition) is 4. The molecule has 0 aliphatic carbocycles. The number of carbonyl (C=O) groups excluding carboxylic acids is 2. The summed E-state index contributed by atoms with van der Waals surface area (Å²) in [6, 6.07) is 13.4. The largest absolute Gasteiger partial charge is 0.423 e. The third-order valence-electron chi connectivity index (χ3n) is 4.21. The van der Waals surface area contributed by atoms with Crippen LogP contribution in [0.1, 0.15) is 42.6 Å². The summed E-state index contributed by atoms with van der Waals surface area (Å²) in [4.78, 5) is 26.4. The molecule has 2 aromatic carbocycles. The van der Waals surface area contributed by atoms with Gasteiger partial charge in [-0.05, 0) is 60.9 Å². The number of esters is 1. The van der Waals surface area contributed by atoms with Crippen LogP contribution in [0.3, 0.4) is 0 Å². The van der Waals surface area contributed by atoms with Crippen molar-refractivity contribution in [2.75, 3.05) is 18.4 Å². The predicted octanol–water partition coefficient (Wildman–Crippen LogP) is 3.87. The Balaban J connectivity index is 1.96. The second-order valence-electron chi connectivity index (χ2n) is 6.73. The number of rotatable bonds is 9. The lowest BCUT2D eigenvalue weighted by atomic mass is 10.2. The quantitative estimate of drug-likeness (QED) is 0.192. The molecule has 0 radical (unpaired) electrons. The number of amides is 1. The van der Waals surface area contributed by atoms with E-state index in [2.05, 4.69) is 19.2 Å². The first kappa shape index (κ1) is 22.7. The van der Waals surface area contributed by atoms with Gasteiger partial charge in [-0.2, -0.15) is 0 Å². The highest BCUT2D eigenvalue weighted by atomic mass is 16.5. The molecule has 7 heteroatoms. The van der Waals surface area contributed by atoms with Crippen molar-refractivity contribution in [2.45, 2.75) is 26.7 Å². The fourth-order valence-electron chi connectivity index (χ4n) is 2.80. The number of hydrogen-bond donors (Lipinski definition) is 3. The predicted molar refractivity (Wildman–Crippen MR) is 120 cm³/mol. The lowest BCUT2D eigenvalue weighted by Crippen LogP contribution is -2.30. The van der Waals surface area contributed by atoms with Gasteiger partial charge < -0.3 is 20.7 Å². The minimum Gasteiger partial charge on any atom is -0.423 e. The Morgan fingerprint density at radius 1 is 1.03 bits per heavy atom. The van der Waals surface area contributed by atoms with Crippen LogP contribution in [0, 0.1) is 5.41 Å². The first-order valence-corrected chi connectivity index (χ1v) is 9.93. The minimum atomic E-state index is -0.488. The molecule has 0 saturated carbocycles. The molecule has 2 rings (SSSR count). The van der Waals surface area contributed by atoms with Gasteiger partial charge in [0, 0.05) is 24.9 Å². The van der Waals surface area contributed by atoms with Gasteiger partial charge in [0.1, 0.15) is 5.75 Å². The van der Waals surface area contributed by atoms with Crippen molar-refractivity contribution in [3.05, 3.63) is 65.7 Å². The highest BCUT2D eigenvalue weighted by Gasteiger charge is 2.10. The summed E-state index contributed by atoms with van der Waals surface area (Å²) >= 11 is 0. The highest BCUT2D eigenvalue weighted by Crippen LogP contribution is 2.16. The lowest BCUT2D eigenvalue weighted by Gasteiger charge is -2.19. The summed E-state index contributed by atoms with van der Waals surface area (Å²) in [7, 11) is 0. The number of anilines is 1.